The summed E-state index contributed by atoms with van der Waals surface area (Å²) in [5, 5.41) is 12.1. The summed E-state index contributed by atoms with van der Waals surface area (Å²) in [5.41, 5.74) is -0.985. The smallest absolute Gasteiger partial charge is 0.333 e. The third-order valence-electron chi connectivity index (χ3n) is 4.62. The van der Waals surface area contributed by atoms with E-state index >= 15 is 0 Å². The first kappa shape index (κ1) is 13.1. The van der Waals surface area contributed by atoms with Gasteiger partial charge in [-0.15, -0.1) is 0 Å². The highest BCUT2D eigenvalue weighted by Gasteiger charge is 2.66. The van der Waals surface area contributed by atoms with Crippen molar-refractivity contribution < 1.29 is 19.1 Å². The maximum Gasteiger partial charge on any atom is 0.333 e. The van der Waals surface area contributed by atoms with Crippen LogP contribution in [-0.4, -0.2) is 17.0 Å². The van der Waals surface area contributed by atoms with Crippen molar-refractivity contribution in [2.45, 2.75) is 31.7 Å². The van der Waals surface area contributed by atoms with Crippen molar-refractivity contribution in [1.82, 2.24) is 5.32 Å². The fourth-order valence-corrected chi connectivity index (χ4v) is 2.80. The second kappa shape index (κ2) is 4.04. The molecule has 3 rings (SSSR count). The molecule has 2 aliphatic rings. The average Bonchev–Trinajstić information content (AvgIpc) is 3.30. The summed E-state index contributed by atoms with van der Waals surface area (Å²) in [6.45, 7) is 1.43. The lowest BCUT2D eigenvalue weighted by atomic mass is 9.91. The lowest BCUT2D eigenvalue weighted by molar-refractivity contribution is -0.147. The lowest BCUT2D eigenvalue weighted by Gasteiger charge is -2.27. The van der Waals surface area contributed by atoms with Crippen molar-refractivity contribution in [3.63, 3.8) is 0 Å². The van der Waals surface area contributed by atoms with E-state index in [1.54, 1.807) is 0 Å². The van der Waals surface area contributed by atoms with Crippen molar-refractivity contribution in [2.75, 3.05) is 0 Å². The third kappa shape index (κ3) is 1.97. The maximum atomic E-state index is 13.0. The molecule has 2 fully saturated rings. The monoisotopic (exact) mass is 277 g/mol. The Balaban J connectivity index is 1.82. The molecule has 1 aromatic rings. The number of carbonyl (C=O) groups excluding carboxylic acids is 1. The van der Waals surface area contributed by atoms with E-state index in [9.17, 15) is 19.1 Å². The molecule has 1 aromatic carbocycles. The Hall–Kier alpha value is -1.91. The van der Waals surface area contributed by atoms with Crippen LogP contribution < -0.4 is 5.32 Å². The van der Waals surface area contributed by atoms with E-state index in [0.29, 0.717) is 5.56 Å². The molecule has 2 unspecified atom stereocenters. The molecule has 0 bridgehead atoms. The number of amides is 1. The lowest BCUT2D eigenvalue weighted by Crippen LogP contribution is -2.50. The van der Waals surface area contributed by atoms with Crippen molar-refractivity contribution in [3.05, 3.63) is 35.6 Å². The number of halogens is 1. The van der Waals surface area contributed by atoms with Crippen LogP contribution in [0.25, 0.3) is 0 Å². The van der Waals surface area contributed by atoms with Gasteiger partial charge in [0.2, 0.25) is 5.91 Å². The summed E-state index contributed by atoms with van der Waals surface area (Å²) in [7, 11) is 0. The molecule has 0 aliphatic heterocycles. The zero-order valence-corrected chi connectivity index (χ0v) is 11.1. The first-order valence-electron chi connectivity index (χ1n) is 6.69. The number of carboxylic acid groups (broad SMARTS) is 1. The summed E-state index contributed by atoms with van der Waals surface area (Å²) in [4.78, 5) is 23.7. The molecule has 0 heterocycles. The summed E-state index contributed by atoms with van der Waals surface area (Å²) < 4.78 is 13.0. The molecule has 0 saturated heterocycles. The van der Waals surface area contributed by atoms with Crippen LogP contribution in [0.2, 0.25) is 0 Å². The van der Waals surface area contributed by atoms with Gasteiger partial charge in [0.05, 0.1) is 0 Å². The summed E-state index contributed by atoms with van der Waals surface area (Å²) in [5.74, 6) is -1.85. The van der Waals surface area contributed by atoms with E-state index in [-0.39, 0.29) is 17.2 Å². The Labute approximate surface area is 116 Å². The van der Waals surface area contributed by atoms with E-state index in [1.165, 1.54) is 31.2 Å². The maximum absolute atomic E-state index is 13.0. The van der Waals surface area contributed by atoms with Crippen LogP contribution in [0.1, 0.15) is 31.7 Å². The molecule has 0 radical (unpaired) electrons. The van der Waals surface area contributed by atoms with Crippen molar-refractivity contribution in [3.8, 4) is 0 Å². The summed E-state index contributed by atoms with van der Waals surface area (Å²) >= 11 is 0. The predicted octanol–water partition coefficient (Wildman–Crippen LogP) is 2.04. The standard InChI is InChI=1S/C15H16FNO3/c1-14(13(19)20,9-2-4-10(16)5-3-9)17-12(18)11-8-15(11)6-7-15/h2-5,11H,6-8H2,1H3,(H,17,18)(H,19,20). The number of carbonyl (C=O) groups is 2. The van der Waals surface area contributed by atoms with Crippen LogP contribution in [0.5, 0.6) is 0 Å². The average molecular weight is 277 g/mol. The molecule has 2 aliphatic carbocycles. The molecule has 1 amide bonds. The van der Waals surface area contributed by atoms with E-state index in [4.69, 9.17) is 0 Å². The van der Waals surface area contributed by atoms with Gasteiger partial charge >= 0.3 is 5.97 Å². The van der Waals surface area contributed by atoms with E-state index < -0.39 is 17.3 Å². The molecular weight excluding hydrogens is 261 g/mol. The van der Waals surface area contributed by atoms with E-state index in [2.05, 4.69) is 5.32 Å². The molecule has 5 heteroatoms. The predicted molar refractivity (Wildman–Crippen MR) is 69.3 cm³/mol. The molecule has 2 saturated carbocycles. The number of carboxylic acids is 1. The second-order valence-corrected chi connectivity index (χ2v) is 6.05. The Kier molecular flexibility index (Phi) is 2.64. The molecular formula is C15H16FNO3. The van der Waals surface area contributed by atoms with Gasteiger partial charge in [0, 0.05) is 5.92 Å². The number of rotatable bonds is 4. The second-order valence-electron chi connectivity index (χ2n) is 6.05. The minimum atomic E-state index is -1.52. The molecule has 0 aromatic heterocycles. The quantitative estimate of drug-likeness (QED) is 0.885. The van der Waals surface area contributed by atoms with Gasteiger partial charge in [0.25, 0.3) is 0 Å². The molecule has 106 valence electrons. The Morgan fingerprint density at radius 1 is 1.35 bits per heavy atom. The van der Waals surface area contributed by atoms with Crippen LogP contribution in [0, 0.1) is 17.2 Å². The van der Waals surface area contributed by atoms with Gasteiger partial charge in [-0.05, 0) is 49.3 Å². The largest absolute Gasteiger partial charge is 0.479 e. The number of nitrogens with one attached hydrogen (secondary N) is 1. The van der Waals surface area contributed by atoms with Gasteiger partial charge in [-0.1, -0.05) is 12.1 Å². The van der Waals surface area contributed by atoms with Crippen LogP contribution in [0.4, 0.5) is 4.39 Å². The molecule has 20 heavy (non-hydrogen) atoms. The highest BCUT2D eigenvalue weighted by molar-refractivity contribution is 5.90. The third-order valence-corrected chi connectivity index (χ3v) is 4.62. The number of benzene rings is 1. The van der Waals surface area contributed by atoms with Gasteiger partial charge in [-0.3, -0.25) is 4.79 Å². The fraction of sp³-hybridized carbons (Fsp3) is 0.467. The first-order chi connectivity index (χ1) is 9.37. The normalized spacial score (nSPS) is 24.8. The Morgan fingerprint density at radius 2 is 1.95 bits per heavy atom. The summed E-state index contributed by atoms with van der Waals surface area (Å²) in [6, 6.07) is 5.18. The molecule has 2 atom stereocenters. The van der Waals surface area contributed by atoms with Crippen molar-refractivity contribution in [1.29, 1.82) is 0 Å². The molecule has 1 spiro atoms. The zero-order valence-electron chi connectivity index (χ0n) is 11.1. The van der Waals surface area contributed by atoms with Crippen LogP contribution >= 0.6 is 0 Å². The number of aliphatic carboxylic acids is 1. The van der Waals surface area contributed by atoms with Gasteiger partial charge in [-0.2, -0.15) is 0 Å². The topological polar surface area (TPSA) is 66.4 Å². The highest BCUT2D eigenvalue weighted by Crippen LogP contribution is 2.70. The Morgan fingerprint density at radius 3 is 2.40 bits per heavy atom. The van der Waals surface area contributed by atoms with Crippen LogP contribution in [-0.2, 0) is 15.1 Å². The van der Waals surface area contributed by atoms with Gasteiger partial charge in [-0.25, -0.2) is 9.18 Å². The zero-order chi connectivity index (χ0) is 14.5. The number of hydrogen-bond donors (Lipinski definition) is 2. The van der Waals surface area contributed by atoms with Crippen molar-refractivity contribution >= 4 is 11.9 Å². The fourth-order valence-electron chi connectivity index (χ4n) is 2.80. The minimum Gasteiger partial charge on any atom is -0.479 e. The minimum absolute atomic E-state index is 0.0541. The van der Waals surface area contributed by atoms with Crippen LogP contribution in [0.3, 0.4) is 0 Å². The number of hydrogen-bond acceptors (Lipinski definition) is 2. The summed E-state index contributed by atoms with van der Waals surface area (Å²) in [6.07, 6.45) is 2.98. The molecule has 2 N–H and O–H groups in total. The molecule has 4 nitrogen and oxygen atoms in total. The van der Waals surface area contributed by atoms with Gasteiger partial charge < -0.3 is 10.4 Å². The van der Waals surface area contributed by atoms with Gasteiger partial charge in [0.15, 0.2) is 5.54 Å². The SMILES string of the molecule is CC(NC(=O)C1CC12CC2)(C(=O)O)c1ccc(F)cc1. The van der Waals surface area contributed by atoms with Crippen molar-refractivity contribution in [2.24, 2.45) is 11.3 Å². The highest BCUT2D eigenvalue weighted by atomic mass is 19.1. The first-order valence-corrected chi connectivity index (χ1v) is 6.69. The van der Waals surface area contributed by atoms with Gasteiger partial charge in [0.1, 0.15) is 5.82 Å². The van der Waals surface area contributed by atoms with E-state index in [0.717, 1.165) is 19.3 Å². The van der Waals surface area contributed by atoms with Crippen LogP contribution in [0.15, 0.2) is 24.3 Å². The Bertz CT molecular complexity index is 579. The van der Waals surface area contributed by atoms with E-state index in [1.807, 2.05) is 0 Å².